The van der Waals surface area contributed by atoms with Gasteiger partial charge in [-0.05, 0) is 52.7 Å². The van der Waals surface area contributed by atoms with E-state index in [2.05, 4.69) is 21.2 Å². The molecule has 0 amide bonds. The lowest BCUT2D eigenvalue weighted by atomic mass is 10.1. The Balaban J connectivity index is 1.91. The van der Waals surface area contributed by atoms with E-state index < -0.39 is 11.6 Å². The zero-order chi connectivity index (χ0) is 14.5. The van der Waals surface area contributed by atoms with Crippen LogP contribution >= 0.6 is 15.9 Å². The van der Waals surface area contributed by atoms with Crippen LogP contribution in [0.25, 0.3) is 0 Å². The van der Waals surface area contributed by atoms with E-state index in [9.17, 15) is 13.2 Å². The van der Waals surface area contributed by atoms with Gasteiger partial charge in [-0.3, -0.25) is 0 Å². The summed E-state index contributed by atoms with van der Waals surface area (Å²) in [6.45, 7) is 0.498. The molecule has 0 saturated heterocycles. The lowest BCUT2D eigenvalue weighted by molar-refractivity contribution is 0.530. The third-order valence-electron chi connectivity index (χ3n) is 2.97. The highest BCUT2D eigenvalue weighted by Gasteiger charge is 2.11. The van der Waals surface area contributed by atoms with Gasteiger partial charge in [0.25, 0.3) is 0 Å². The Labute approximate surface area is 123 Å². The van der Waals surface area contributed by atoms with Gasteiger partial charge in [-0.2, -0.15) is 0 Å². The summed E-state index contributed by atoms with van der Waals surface area (Å²) in [6.07, 6.45) is 0.462. The smallest absolute Gasteiger partial charge is 0.144 e. The number of hydrogen-bond acceptors (Lipinski definition) is 1. The Bertz CT molecular complexity index is 602. The van der Waals surface area contributed by atoms with Crippen LogP contribution in [-0.2, 0) is 13.0 Å². The minimum Gasteiger partial charge on any atom is -0.312 e. The van der Waals surface area contributed by atoms with E-state index in [0.29, 0.717) is 18.5 Å². The Morgan fingerprint density at radius 3 is 2.45 bits per heavy atom. The largest absolute Gasteiger partial charge is 0.312 e. The van der Waals surface area contributed by atoms with E-state index in [4.69, 9.17) is 0 Å². The fraction of sp³-hybridized carbons (Fsp3) is 0.200. The molecule has 0 radical (unpaired) electrons. The molecule has 0 saturated carbocycles. The molecule has 0 fully saturated rings. The number of halogens is 4. The van der Waals surface area contributed by atoms with E-state index in [-0.39, 0.29) is 22.4 Å². The summed E-state index contributed by atoms with van der Waals surface area (Å²) in [6, 6.07) is 9.00. The molecule has 0 aliphatic carbocycles. The number of hydrogen-bond donors (Lipinski definition) is 1. The molecule has 20 heavy (non-hydrogen) atoms. The Kier molecular flexibility index (Phi) is 5.20. The third kappa shape index (κ3) is 3.61. The topological polar surface area (TPSA) is 12.0 Å². The van der Waals surface area contributed by atoms with Gasteiger partial charge in [0, 0.05) is 12.1 Å². The number of nitrogens with one attached hydrogen (secondary N) is 1. The van der Waals surface area contributed by atoms with Gasteiger partial charge in [-0.1, -0.05) is 18.2 Å². The molecule has 2 rings (SSSR count). The zero-order valence-corrected chi connectivity index (χ0v) is 12.2. The van der Waals surface area contributed by atoms with Crippen LogP contribution in [0.1, 0.15) is 11.1 Å². The highest BCUT2D eigenvalue weighted by molar-refractivity contribution is 9.10. The van der Waals surface area contributed by atoms with Gasteiger partial charge in [0.1, 0.15) is 17.5 Å². The molecule has 106 valence electrons. The second-order valence-electron chi connectivity index (χ2n) is 4.34. The van der Waals surface area contributed by atoms with Crippen LogP contribution in [0.15, 0.2) is 40.9 Å². The van der Waals surface area contributed by atoms with Gasteiger partial charge in [0.05, 0.1) is 4.47 Å². The van der Waals surface area contributed by atoms with Crippen molar-refractivity contribution in [3.63, 3.8) is 0 Å². The van der Waals surface area contributed by atoms with Crippen LogP contribution in [-0.4, -0.2) is 6.54 Å². The quantitative estimate of drug-likeness (QED) is 0.633. The van der Waals surface area contributed by atoms with E-state index in [0.717, 1.165) is 0 Å². The predicted octanol–water partition coefficient (Wildman–Crippen LogP) is 4.20. The average Bonchev–Trinajstić information content (AvgIpc) is 2.44. The standard InChI is InChI=1S/C15H13BrF3N/c16-12-5-6-14(18)11(15(12)19)9-20-8-7-10-3-1-2-4-13(10)17/h1-6,20H,7-9H2. The summed E-state index contributed by atoms with van der Waals surface area (Å²) < 4.78 is 40.8. The SMILES string of the molecule is Fc1ccccc1CCNCc1c(F)ccc(Br)c1F. The maximum absolute atomic E-state index is 13.7. The first-order valence-electron chi connectivity index (χ1n) is 6.16. The molecule has 0 bridgehead atoms. The van der Waals surface area contributed by atoms with Crippen molar-refractivity contribution >= 4 is 15.9 Å². The summed E-state index contributed by atoms with van der Waals surface area (Å²) in [5.74, 6) is -1.47. The molecule has 1 nitrogen and oxygen atoms in total. The van der Waals surface area contributed by atoms with E-state index in [1.165, 1.54) is 18.2 Å². The highest BCUT2D eigenvalue weighted by Crippen LogP contribution is 2.21. The molecule has 1 N–H and O–H groups in total. The van der Waals surface area contributed by atoms with Crippen molar-refractivity contribution < 1.29 is 13.2 Å². The van der Waals surface area contributed by atoms with Crippen LogP contribution in [0.4, 0.5) is 13.2 Å². The fourth-order valence-electron chi connectivity index (χ4n) is 1.87. The average molecular weight is 344 g/mol. The molecule has 0 aliphatic rings. The van der Waals surface area contributed by atoms with Crippen LogP contribution < -0.4 is 5.32 Å². The van der Waals surface area contributed by atoms with Crippen molar-refractivity contribution in [1.29, 1.82) is 0 Å². The second kappa shape index (κ2) is 6.90. The van der Waals surface area contributed by atoms with Crippen LogP contribution in [0.2, 0.25) is 0 Å². The first kappa shape index (κ1) is 15.1. The lowest BCUT2D eigenvalue weighted by Gasteiger charge is -2.08. The van der Waals surface area contributed by atoms with Gasteiger partial charge < -0.3 is 5.32 Å². The Hall–Kier alpha value is -1.33. The summed E-state index contributed by atoms with van der Waals surface area (Å²) in [7, 11) is 0. The molecule has 5 heteroatoms. The third-order valence-corrected chi connectivity index (χ3v) is 3.58. The van der Waals surface area contributed by atoms with Gasteiger partial charge in [0.15, 0.2) is 0 Å². The molecular formula is C15H13BrF3N. The Morgan fingerprint density at radius 2 is 1.70 bits per heavy atom. The maximum Gasteiger partial charge on any atom is 0.144 e. The van der Waals surface area contributed by atoms with Crippen LogP contribution in [0.5, 0.6) is 0 Å². The molecule has 0 aliphatic heterocycles. The summed E-state index contributed by atoms with van der Waals surface area (Å²) in [5.41, 5.74) is 0.558. The van der Waals surface area contributed by atoms with E-state index in [1.54, 1.807) is 18.2 Å². The summed E-state index contributed by atoms with van der Waals surface area (Å²) in [5, 5.41) is 2.92. The molecule has 0 heterocycles. The van der Waals surface area contributed by atoms with E-state index >= 15 is 0 Å². The predicted molar refractivity (Wildman–Crippen MR) is 75.9 cm³/mol. The zero-order valence-electron chi connectivity index (χ0n) is 10.6. The molecule has 0 atom stereocenters. The minimum absolute atomic E-state index is 0.0205. The van der Waals surface area contributed by atoms with Gasteiger partial charge >= 0.3 is 0 Å². The van der Waals surface area contributed by atoms with Gasteiger partial charge in [-0.25, -0.2) is 13.2 Å². The highest BCUT2D eigenvalue weighted by atomic mass is 79.9. The molecule has 2 aromatic carbocycles. The normalized spacial score (nSPS) is 10.8. The lowest BCUT2D eigenvalue weighted by Crippen LogP contribution is -2.19. The van der Waals surface area contributed by atoms with Crippen molar-refractivity contribution in [2.75, 3.05) is 6.54 Å². The van der Waals surface area contributed by atoms with Crippen molar-refractivity contribution in [3.05, 3.63) is 69.4 Å². The maximum atomic E-state index is 13.7. The number of benzene rings is 2. The molecule has 0 unspecified atom stereocenters. The van der Waals surface area contributed by atoms with Crippen molar-refractivity contribution in [2.24, 2.45) is 0 Å². The number of rotatable bonds is 5. The van der Waals surface area contributed by atoms with Gasteiger partial charge in [0.2, 0.25) is 0 Å². The van der Waals surface area contributed by atoms with E-state index in [1.807, 2.05) is 0 Å². The van der Waals surface area contributed by atoms with Crippen molar-refractivity contribution in [2.45, 2.75) is 13.0 Å². The monoisotopic (exact) mass is 343 g/mol. The molecule has 0 aromatic heterocycles. The van der Waals surface area contributed by atoms with Crippen molar-refractivity contribution in [3.8, 4) is 0 Å². The molecule has 0 spiro atoms. The second-order valence-corrected chi connectivity index (χ2v) is 5.19. The van der Waals surface area contributed by atoms with Crippen LogP contribution in [0, 0.1) is 17.5 Å². The minimum atomic E-state index is -0.608. The molecule has 2 aromatic rings. The first-order valence-corrected chi connectivity index (χ1v) is 6.95. The summed E-state index contributed by atoms with van der Waals surface area (Å²) in [4.78, 5) is 0. The van der Waals surface area contributed by atoms with Gasteiger partial charge in [-0.15, -0.1) is 0 Å². The summed E-state index contributed by atoms with van der Waals surface area (Å²) >= 11 is 3.02. The Morgan fingerprint density at radius 1 is 0.950 bits per heavy atom. The van der Waals surface area contributed by atoms with Crippen molar-refractivity contribution in [1.82, 2.24) is 5.32 Å². The molecular weight excluding hydrogens is 331 g/mol. The van der Waals surface area contributed by atoms with Crippen LogP contribution in [0.3, 0.4) is 0 Å². The first-order chi connectivity index (χ1) is 9.59. The fourth-order valence-corrected chi connectivity index (χ4v) is 2.24.